The van der Waals surface area contributed by atoms with E-state index in [2.05, 4.69) is 0 Å². The molecule has 128 valence electrons. The molecule has 3 nitrogen and oxygen atoms in total. The van der Waals surface area contributed by atoms with Crippen molar-refractivity contribution in [3.05, 3.63) is 108 Å². The Labute approximate surface area is 148 Å². The Kier molecular flexibility index (Phi) is 5.96. The van der Waals surface area contributed by atoms with Crippen molar-refractivity contribution >= 4 is 0 Å². The Morgan fingerprint density at radius 2 is 1.08 bits per heavy atom. The number of rotatable bonds is 7. The molecule has 3 heteroatoms. The minimum Gasteiger partial charge on any atom is -0.389 e. The smallest absolute Gasteiger partial charge is 0.108 e. The van der Waals surface area contributed by atoms with Crippen molar-refractivity contribution in [3.8, 4) is 0 Å². The molecule has 0 saturated heterocycles. The SMILES string of the molecule is N[C@H](c1ccccc1)[C@@H](O)COC(c1ccccc1)c1ccccc1. The lowest BCUT2D eigenvalue weighted by atomic mass is 10.0. The molecule has 2 atom stereocenters. The quantitative estimate of drug-likeness (QED) is 0.690. The van der Waals surface area contributed by atoms with Crippen molar-refractivity contribution < 1.29 is 9.84 Å². The van der Waals surface area contributed by atoms with E-state index in [1.54, 1.807) is 0 Å². The summed E-state index contributed by atoms with van der Waals surface area (Å²) >= 11 is 0. The minimum atomic E-state index is -0.780. The number of nitrogens with two attached hydrogens (primary N) is 1. The molecule has 0 bridgehead atoms. The first-order chi connectivity index (χ1) is 12.3. The largest absolute Gasteiger partial charge is 0.389 e. The molecule has 0 fully saturated rings. The number of benzene rings is 3. The second kappa shape index (κ2) is 8.58. The molecule has 3 N–H and O–H groups in total. The predicted molar refractivity (Wildman–Crippen MR) is 100 cm³/mol. The third-order valence-electron chi connectivity index (χ3n) is 4.24. The number of aliphatic hydroxyl groups is 1. The zero-order valence-electron chi connectivity index (χ0n) is 14.0. The van der Waals surface area contributed by atoms with E-state index in [1.165, 1.54) is 0 Å². The zero-order chi connectivity index (χ0) is 17.5. The minimum absolute atomic E-state index is 0.157. The zero-order valence-corrected chi connectivity index (χ0v) is 14.0. The maximum atomic E-state index is 10.5. The van der Waals surface area contributed by atoms with E-state index < -0.39 is 12.1 Å². The van der Waals surface area contributed by atoms with Gasteiger partial charge >= 0.3 is 0 Å². The van der Waals surface area contributed by atoms with Gasteiger partial charge < -0.3 is 15.6 Å². The van der Waals surface area contributed by atoms with Gasteiger partial charge in [-0.15, -0.1) is 0 Å². The van der Waals surface area contributed by atoms with Crippen LogP contribution in [0, 0.1) is 0 Å². The van der Waals surface area contributed by atoms with E-state index in [9.17, 15) is 5.11 Å². The summed E-state index contributed by atoms with van der Waals surface area (Å²) < 4.78 is 6.09. The van der Waals surface area contributed by atoms with Gasteiger partial charge in [0.1, 0.15) is 6.10 Å². The van der Waals surface area contributed by atoms with E-state index in [1.807, 2.05) is 91.0 Å². The summed E-state index contributed by atoms with van der Waals surface area (Å²) in [6, 6.07) is 29.1. The Morgan fingerprint density at radius 1 is 0.680 bits per heavy atom. The third-order valence-corrected chi connectivity index (χ3v) is 4.24. The summed E-state index contributed by atoms with van der Waals surface area (Å²) in [5, 5.41) is 10.5. The Hall–Kier alpha value is -2.46. The number of aliphatic hydroxyl groups excluding tert-OH is 1. The molecule has 0 saturated carbocycles. The van der Waals surface area contributed by atoms with Crippen molar-refractivity contribution in [3.63, 3.8) is 0 Å². The summed E-state index contributed by atoms with van der Waals surface area (Å²) in [5.74, 6) is 0. The molecule has 0 aliphatic heterocycles. The van der Waals surface area contributed by atoms with E-state index in [4.69, 9.17) is 10.5 Å². The first-order valence-corrected chi connectivity index (χ1v) is 8.46. The van der Waals surface area contributed by atoms with Crippen molar-refractivity contribution in [1.29, 1.82) is 0 Å². The van der Waals surface area contributed by atoms with Crippen LogP contribution in [-0.4, -0.2) is 17.8 Å². The van der Waals surface area contributed by atoms with Gasteiger partial charge in [0.25, 0.3) is 0 Å². The molecule has 0 aromatic heterocycles. The van der Waals surface area contributed by atoms with E-state index >= 15 is 0 Å². The molecule has 0 heterocycles. The van der Waals surface area contributed by atoms with E-state index in [0.717, 1.165) is 16.7 Å². The van der Waals surface area contributed by atoms with Crippen LogP contribution in [0.4, 0.5) is 0 Å². The fraction of sp³-hybridized carbons (Fsp3) is 0.182. The van der Waals surface area contributed by atoms with Gasteiger partial charge in [-0.05, 0) is 16.7 Å². The van der Waals surface area contributed by atoms with Crippen LogP contribution in [-0.2, 0) is 4.74 Å². The van der Waals surface area contributed by atoms with E-state index in [0.29, 0.717) is 0 Å². The highest BCUT2D eigenvalue weighted by Crippen LogP contribution is 2.26. The fourth-order valence-electron chi connectivity index (χ4n) is 2.84. The summed E-state index contributed by atoms with van der Waals surface area (Å²) in [6.45, 7) is 0.157. The van der Waals surface area contributed by atoms with Crippen molar-refractivity contribution in [2.24, 2.45) is 5.73 Å². The normalized spacial score (nSPS) is 13.6. The number of hydrogen-bond donors (Lipinski definition) is 2. The summed E-state index contributed by atoms with van der Waals surface area (Å²) in [4.78, 5) is 0. The van der Waals surface area contributed by atoms with Gasteiger partial charge in [-0.3, -0.25) is 0 Å². The lowest BCUT2D eigenvalue weighted by Crippen LogP contribution is -2.31. The second-order valence-corrected chi connectivity index (χ2v) is 6.04. The van der Waals surface area contributed by atoms with Gasteiger partial charge in [0.15, 0.2) is 0 Å². The van der Waals surface area contributed by atoms with Crippen LogP contribution in [0.1, 0.15) is 28.8 Å². The molecular weight excluding hydrogens is 310 g/mol. The molecule has 0 aliphatic carbocycles. The second-order valence-electron chi connectivity index (χ2n) is 6.04. The molecule has 0 unspecified atom stereocenters. The fourth-order valence-corrected chi connectivity index (χ4v) is 2.84. The van der Waals surface area contributed by atoms with Crippen molar-refractivity contribution in [2.75, 3.05) is 6.61 Å². The van der Waals surface area contributed by atoms with Gasteiger partial charge in [0, 0.05) is 0 Å². The first kappa shape index (κ1) is 17.4. The lowest BCUT2D eigenvalue weighted by Gasteiger charge is -2.24. The molecule has 3 rings (SSSR count). The third kappa shape index (κ3) is 4.54. The van der Waals surface area contributed by atoms with Crippen molar-refractivity contribution in [2.45, 2.75) is 18.2 Å². The molecular formula is C22H23NO2. The van der Waals surface area contributed by atoms with Gasteiger partial charge in [-0.2, -0.15) is 0 Å². The Morgan fingerprint density at radius 3 is 1.52 bits per heavy atom. The Bertz CT molecular complexity index is 707. The topological polar surface area (TPSA) is 55.5 Å². The molecule has 25 heavy (non-hydrogen) atoms. The van der Waals surface area contributed by atoms with Crippen LogP contribution in [0.15, 0.2) is 91.0 Å². The predicted octanol–water partition coefficient (Wildman–Crippen LogP) is 3.85. The molecule has 0 spiro atoms. The highest BCUT2D eigenvalue weighted by Gasteiger charge is 2.21. The number of ether oxygens (including phenoxy) is 1. The average molecular weight is 333 g/mol. The lowest BCUT2D eigenvalue weighted by molar-refractivity contribution is -0.00459. The van der Waals surface area contributed by atoms with Gasteiger partial charge in [-0.25, -0.2) is 0 Å². The van der Waals surface area contributed by atoms with Crippen LogP contribution >= 0.6 is 0 Å². The van der Waals surface area contributed by atoms with Gasteiger partial charge in [0.2, 0.25) is 0 Å². The van der Waals surface area contributed by atoms with Gasteiger partial charge in [0.05, 0.1) is 18.8 Å². The molecule has 0 amide bonds. The first-order valence-electron chi connectivity index (χ1n) is 8.46. The van der Waals surface area contributed by atoms with Crippen LogP contribution in [0.5, 0.6) is 0 Å². The van der Waals surface area contributed by atoms with Crippen LogP contribution in [0.25, 0.3) is 0 Å². The molecule has 0 aliphatic rings. The summed E-state index contributed by atoms with van der Waals surface area (Å²) in [5.41, 5.74) is 9.17. The van der Waals surface area contributed by atoms with Crippen molar-refractivity contribution in [1.82, 2.24) is 0 Å². The molecule has 3 aromatic carbocycles. The average Bonchev–Trinajstić information content (AvgIpc) is 2.70. The highest BCUT2D eigenvalue weighted by molar-refractivity contribution is 5.30. The van der Waals surface area contributed by atoms with E-state index in [-0.39, 0.29) is 12.7 Å². The van der Waals surface area contributed by atoms with Crippen LogP contribution < -0.4 is 5.73 Å². The molecule has 3 aromatic rings. The summed E-state index contributed by atoms with van der Waals surface area (Å²) in [7, 11) is 0. The molecule has 0 radical (unpaired) electrons. The monoisotopic (exact) mass is 333 g/mol. The maximum Gasteiger partial charge on any atom is 0.108 e. The summed E-state index contributed by atoms with van der Waals surface area (Å²) in [6.07, 6.45) is -1.02. The highest BCUT2D eigenvalue weighted by atomic mass is 16.5. The number of hydrogen-bond acceptors (Lipinski definition) is 3. The van der Waals surface area contributed by atoms with Crippen LogP contribution in [0.3, 0.4) is 0 Å². The van der Waals surface area contributed by atoms with Crippen LogP contribution in [0.2, 0.25) is 0 Å². The Balaban J connectivity index is 1.73. The maximum absolute atomic E-state index is 10.5. The van der Waals surface area contributed by atoms with Gasteiger partial charge in [-0.1, -0.05) is 91.0 Å². The standard InChI is InChI=1S/C22H23NO2/c23-21(17-10-4-1-5-11-17)20(24)16-25-22(18-12-6-2-7-13-18)19-14-8-3-9-15-19/h1-15,20-22,24H,16,23H2/t20-,21+/m0/s1.